The zero-order valence-corrected chi connectivity index (χ0v) is 15.6. The summed E-state index contributed by atoms with van der Waals surface area (Å²) in [5.74, 6) is 0.991. The van der Waals surface area contributed by atoms with E-state index >= 15 is 0 Å². The molecule has 0 saturated heterocycles. The lowest BCUT2D eigenvalue weighted by Crippen LogP contribution is -2.34. The van der Waals surface area contributed by atoms with Gasteiger partial charge in [-0.1, -0.05) is 23.8 Å². The summed E-state index contributed by atoms with van der Waals surface area (Å²) in [6.07, 6.45) is 5.32. The SMILES string of the molecule is COc1cc(/C=C/C(=O)N2CCCc3cc(C)ccc32)ccc1OCC#N. The van der Waals surface area contributed by atoms with Gasteiger partial charge in [-0.3, -0.25) is 4.79 Å². The van der Waals surface area contributed by atoms with Crippen molar-refractivity contribution in [1.82, 2.24) is 0 Å². The lowest BCUT2D eigenvalue weighted by atomic mass is 9.99. The Hall–Kier alpha value is -3.26. The van der Waals surface area contributed by atoms with E-state index in [1.807, 2.05) is 29.2 Å². The predicted molar refractivity (Wildman–Crippen MR) is 105 cm³/mol. The molecule has 0 saturated carbocycles. The van der Waals surface area contributed by atoms with Gasteiger partial charge in [0.1, 0.15) is 6.07 Å². The lowest BCUT2D eigenvalue weighted by Gasteiger charge is -2.29. The molecule has 1 aliphatic heterocycles. The highest BCUT2D eigenvalue weighted by Gasteiger charge is 2.20. The van der Waals surface area contributed by atoms with Crippen molar-refractivity contribution in [2.24, 2.45) is 0 Å². The first-order valence-corrected chi connectivity index (χ1v) is 8.89. The number of rotatable bonds is 5. The number of anilines is 1. The van der Waals surface area contributed by atoms with E-state index in [-0.39, 0.29) is 12.5 Å². The summed E-state index contributed by atoms with van der Waals surface area (Å²) in [5.41, 5.74) is 4.26. The van der Waals surface area contributed by atoms with E-state index < -0.39 is 0 Å². The molecule has 0 radical (unpaired) electrons. The molecular formula is C22H22N2O3. The number of hydrogen-bond acceptors (Lipinski definition) is 4. The number of nitrogens with zero attached hydrogens (tertiary/aromatic N) is 2. The molecule has 0 aromatic heterocycles. The average Bonchev–Trinajstić information content (AvgIpc) is 2.69. The molecule has 2 aromatic carbocycles. The third-order valence-corrected chi connectivity index (χ3v) is 4.52. The lowest BCUT2D eigenvalue weighted by molar-refractivity contribution is -0.114. The highest BCUT2D eigenvalue weighted by atomic mass is 16.5. The molecule has 2 aromatic rings. The van der Waals surface area contributed by atoms with Crippen molar-refractivity contribution in [3.63, 3.8) is 0 Å². The molecule has 1 amide bonds. The molecule has 1 aliphatic rings. The van der Waals surface area contributed by atoms with Crippen molar-refractivity contribution in [2.75, 3.05) is 25.2 Å². The summed E-state index contributed by atoms with van der Waals surface area (Å²) < 4.78 is 10.6. The second-order valence-electron chi connectivity index (χ2n) is 6.42. The number of carbonyl (C=O) groups is 1. The van der Waals surface area contributed by atoms with Crippen LogP contribution < -0.4 is 14.4 Å². The fraction of sp³-hybridized carbons (Fsp3) is 0.273. The second-order valence-corrected chi connectivity index (χ2v) is 6.42. The Kier molecular flexibility index (Phi) is 5.77. The number of carbonyl (C=O) groups excluding carboxylic acids is 1. The second kappa shape index (κ2) is 8.41. The van der Waals surface area contributed by atoms with Gasteiger partial charge in [0.2, 0.25) is 0 Å². The smallest absolute Gasteiger partial charge is 0.250 e. The number of amides is 1. The van der Waals surface area contributed by atoms with E-state index in [9.17, 15) is 4.79 Å². The van der Waals surface area contributed by atoms with E-state index in [0.717, 1.165) is 30.6 Å². The molecule has 0 unspecified atom stereocenters. The quantitative estimate of drug-likeness (QED) is 0.757. The monoisotopic (exact) mass is 362 g/mol. The Morgan fingerprint density at radius 1 is 1.26 bits per heavy atom. The summed E-state index contributed by atoms with van der Waals surface area (Å²) in [7, 11) is 1.54. The van der Waals surface area contributed by atoms with Gasteiger partial charge in [0.05, 0.1) is 7.11 Å². The fourth-order valence-corrected chi connectivity index (χ4v) is 3.23. The minimum atomic E-state index is -0.0438. The first-order valence-electron chi connectivity index (χ1n) is 8.89. The van der Waals surface area contributed by atoms with Gasteiger partial charge in [0, 0.05) is 18.3 Å². The summed E-state index contributed by atoms with van der Waals surface area (Å²) in [6, 6.07) is 13.5. The first kappa shape index (κ1) is 18.5. The molecule has 0 N–H and O–H groups in total. The third-order valence-electron chi connectivity index (χ3n) is 4.52. The number of ether oxygens (including phenoxy) is 2. The van der Waals surface area contributed by atoms with Crippen LogP contribution in [0.3, 0.4) is 0 Å². The van der Waals surface area contributed by atoms with Crippen LogP contribution in [0, 0.1) is 18.3 Å². The van der Waals surface area contributed by atoms with Crippen LogP contribution in [-0.2, 0) is 11.2 Å². The molecule has 5 heteroatoms. The summed E-state index contributed by atoms with van der Waals surface area (Å²) in [4.78, 5) is 14.6. The van der Waals surface area contributed by atoms with Crippen molar-refractivity contribution in [1.29, 1.82) is 5.26 Å². The zero-order valence-electron chi connectivity index (χ0n) is 15.6. The highest BCUT2D eigenvalue weighted by Crippen LogP contribution is 2.30. The Labute approximate surface area is 159 Å². The van der Waals surface area contributed by atoms with Gasteiger partial charge in [0.15, 0.2) is 18.1 Å². The maximum atomic E-state index is 12.7. The van der Waals surface area contributed by atoms with Gasteiger partial charge >= 0.3 is 0 Å². The Balaban J connectivity index is 1.77. The van der Waals surface area contributed by atoms with Crippen molar-refractivity contribution in [3.8, 4) is 17.6 Å². The molecule has 0 spiro atoms. The Bertz CT molecular complexity index is 912. The van der Waals surface area contributed by atoms with E-state index in [0.29, 0.717) is 11.5 Å². The Morgan fingerprint density at radius 3 is 2.89 bits per heavy atom. The number of hydrogen-bond donors (Lipinski definition) is 0. The van der Waals surface area contributed by atoms with Crippen molar-refractivity contribution < 1.29 is 14.3 Å². The number of aryl methyl sites for hydroxylation is 2. The van der Waals surface area contributed by atoms with Gasteiger partial charge in [-0.25, -0.2) is 0 Å². The molecule has 1 heterocycles. The van der Waals surface area contributed by atoms with Crippen LogP contribution in [0.5, 0.6) is 11.5 Å². The van der Waals surface area contributed by atoms with Crippen LogP contribution in [0.15, 0.2) is 42.5 Å². The molecule has 5 nitrogen and oxygen atoms in total. The fourth-order valence-electron chi connectivity index (χ4n) is 3.23. The van der Waals surface area contributed by atoms with Crippen LogP contribution in [0.2, 0.25) is 0 Å². The van der Waals surface area contributed by atoms with Crippen LogP contribution in [0.1, 0.15) is 23.1 Å². The molecule has 0 atom stereocenters. The molecule has 3 rings (SSSR count). The number of fused-ring (bicyclic) bond motifs is 1. The molecule has 27 heavy (non-hydrogen) atoms. The molecular weight excluding hydrogens is 340 g/mol. The van der Waals surface area contributed by atoms with Crippen LogP contribution in [-0.4, -0.2) is 26.2 Å². The summed E-state index contributed by atoms with van der Waals surface area (Å²) >= 11 is 0. The molecule has 0 aliphatic carbocycles. The largest absolute Gasteiger partial charge is 0.493 e. The average molecular weight is 362 g/mol. The predicted octanol–water partition coefficient (Wildman–Crippen LogP) is 3.90. The standard InChI is InChI=1S/C22H22N2O3/c1-16-5-8-19-18(14-16)4-3-12-24(19)22(25)10-7-17-6-9-20(27-13-11-23)21(15-17)26-2/h5-10,14-15H,3-4,12-13H2,1-2H3/b10-7+. The van der Waals surface area contributed by atoms with Gasteiger partial charge < -0.3 is 14.4 Å². The van der Waals surface area contributed by atoms with E-state index in [1.54, 1.807) is 31.4 Å². The van der Waals surface area contributed by atoms with E-state index in [1.165, 1.54) is 11.1 Å². The van der Waals surface area contributed by atoms with Crippen molar-refractivity contribution in [3.05, 3.63) is 59.2 Å². The molecule has 0 fully saturated rings. The van der Waals surface area contributed by atoms with E-state index in [2.05, 4.69) is 13.0 Å². The molecule has 138 valence electrons. The maximum Gasteiger partial charge on any atom is 0.250 e. The first-order chi connectivity index (χ1) is 13.1. The number of methoxy groups -OCH3 is 1. The normalized spacial score (nSPS) is 13.1. The van der Waals surface area contributed by atoms with Gasteiger partial charge in [-0.15, -0.1) is 0 Å². The van der Waals surface area contributed by atoms with Crippen LogP contribution in [0.4, 0.5) is 5.69 Å². The third kappa shape index (κ3) is 4.29. The zero-order chi connectivity index (χ0) is 19.2. The highest BCUT2D eigenvalue weighted by molar-refractivity contribution is 6.04. The minimum absolute atomic E-state index is 0.0384. The van der Waals surface area contributed by atoms with Gasteiger partial charge in [-0.05, 0) is 55.2 Å². The van der Waals surface area contributed by atoms with Gasteiger partial charge in [-0.2, -0.15) is 5.26 Å². The van der Waals surface area contributed by atoms with Crippen molar-refractivity contribution in [2.45, 2.75) is 19.8 Å². The topological polar surface area (TPSA) is 62.6 Å². The van der Waals surface area contributed by atoms with Crippen LogP contribution >= 0.6 is 0 Å². The number of benzene rings is 2. The van der Waals surface area contributed by atoms with Crippen molar-refractivity contribution >= 4 is 17.7 Å². The number of nitriles is 1. The maximum absolute atomic E-state index is 12.7. The minimum Gasteiger partial charge on any atom is -0.493 e. The summed E-state index contributed by atoms with van der Waals surface area (Å²) in [5, 5.41) is 8.63. The molecule has 0 bridgehead atoms. The summed E-state index contributed by atoms with van der Waals surface area (Å²) in [6.45, 7) is 2.75. The van der Waals surface area contributed by atoms with E-state index in [4.69, 9.17) is 14.7 Å². The van der Waals surface area contributed by atoms with Crippen LogP contribution in [0.25, 0.3) is 6.08 Å². The Morgan fingerprint density at radius 2 is 2.11 bits per heavy atom. The van der Waals surface area contributed by atoms with Gasteiger partial charge in [0.25, 0.3) is 5.91 Å².